The molecule has 1 aromatic carbocycles. The molecule has 3 N–H and O–H groups in total. The molecule has 1 aromatic rings. The van der Waals surface area contributed by atoms with E-state index in [2.05, 4.69) is 12.2 Å². The first-order valence-corrected chi connectivity index (χ1v) is 6.68. The highest BCUT2D eigenvalue weighted by atomic mass is 35.5. The Morgan fingerprint density at radius 3 is 2.37 bits per heavy atom. The van der Waals surface area contributed by atoms with E-state index in [0.717, 1.165) is 12.0 Å². The van der Waals surface area contributed by atoms with Gasteiger partial charge in [0.15, 0.2) is 0 Å². The number of nitrogens with two attached hydrogens (primary N) is 1. The summed E-state index contributed by atoms with van der Waals surface area (Å²) in [5.41, 5.74) is 6.71. The quantitative estimate of drug-likeness (QED) is 0.898. The summed E-state index contributed by atoms with van der Waals surface area (Å²) in [6.45, 7) is 3.90. The van der Waals surface area contributed by atoms with E-state index in [4.69, 9.17) is 17.3 Å². The SMILES string of the molecule is CC1CC1C(NC(=O)[C@H](C)N)c1ccc(Cl)cc1.Cl. The molecule has 2 rings (SSSR count). The number of hydrogen-bond acceptors (Lipinski definition) is 2. The molecule has 19 heavy (non-hydrogen) atoms. The van der Waals surface area contributed by atoms with Gasteiger partial charge in [-0.05, 0) is 42.9 Å². The van der Waals surface area contributed by atoms with Crippen LogP contribution >= 0.6 is 24.0 Å². The highest BCUT2D eigenvalue weighted by molar-refractivity contribution is 6.30. The van der Waals surface area contributed by atoms with E-state index in [1.807, 2.05) is 24.3 Å². The molecule has 4 atom stereocenters. The predicted octanol–water partition coefficient (Wildman–Crippen LogP) is 2.92. The molecule has 0 aliphatic heterocycles. The molecule has 0 bridgehead atoms. The molecule has 1 saturated carbocycles. The lowest BCUT2D eigenvalue weighted by Crippen LogP contribution is -2.41. The first-order valence-electron chi connectivity index (χ1n) is 6.30. The van der Waals surface area contributed by atoms with Gasteiger partial charge in [-0.15, -0.1) is 12.4 Å². The van der Waals surface area contributed by atoms with Crippen molar-refractivity contribution in [2.45, 2.75) is 32.4 Å². The van der Waals surface area contributed by atoms with Gasteiger partial charge >= 0.3 is 0 Å². The number of nitrogens with one attached hydrogen (secondary N) is 1. The Bertz CT molecular complexity index is 434. The Balaban J connectivity index is 0.00000180. The molecule has 106 valence electrons. The number of amides is 1. The van der Waals surface area contributed by atoms with Crippen molar-refractivity contribution in [1.29, 1.82) is 0 Å². The fraction of sp³-hybridized carbons (Fsp3) is 0.500. The van der Waals surface area contributed by atoms with Crippen LogP contribution in [0.3, 0.4) is 0 Å². The number of hydrogen-bond donors (Lipinski definition) is 2. The fourth-order valence-corrected chi connectivity index (χ4v) is 2.33. The second-order valence-electron chi connectivity index (χ2n) is 5.20. The van der Waals surface area contributed by atoms with Crippen LogP contribution in [0.5, 0.6) is 0 Å². The number of benzene rings is 1. The Morgan fingerprint density at radius 2 is 1.95 bits per heavy atom. The average molecular weight is 303 g/mol. The predicted molar refractivity (Wildman–Crippen MR) is 80.5 cm³/mol. The van der Waals surface area contributed by atoms with Crippen LogP contribution in [0, 0.1) is 11.8 Å². The van der Waals surface area contributed by atoms with Crippen molar-refractivity contribution in [3.8, 4) is 0 Å². The van der Waals surface area contributed by atoms with Crippen molar-refractivity contribution in [1.82, 2.24) is 5.32 Å². The summed E-state index contributed by atoms with van der Waals surface area (Å²) in [5, 5.41) is 3.75. The van der Waals surface area contributed by atoms with Gasteiger partial charge in [-0.3, -0.25) is 4.79 Å². The maximum Gasteiger partial charge on any atom is 0.237 e. The van der Waals surface area contributed by atoms with Gasteiger partial charge < -0.3 is 11.1 Å². The fourth-order valence-electron chi connectivity index (χ4n) is 2.21. The van der Waals surface area contributed by atoms with Gasteiger partial charge in [0.05, 0.1) is 12.1 Å². The third kappa shape index (κ3) is 4.10. The number of rotatable bonds is 4. The summed E-state index contributed by atoms with van der Waals surface area (Å²) in [5.74, 6) is 1.06. The van der Waals surface area contributed by atoms with Crippen LogP contribution < -0.4 is 11.1 Å². The zero-order chi connectivity index (χ0) is 13.3. The zero-order valence-corrected chi connectivity index (χ0v) is 12.7. The van der Waals surface area contributed by atoms with E-state index in [1.165, 1.54) is 0 Å². The van der Waals surface area contributed by atoms with Gasteiger partial charge in [0.2, 0.25) is 5.91 Å². The van der Waals surface area contributed by atoms with Crippen molar-refractivity contribution >= 4 is 29.9 Å². The molecule has 0 aromatic heterocycles. The van der Waals surface area contributed by atoms with Crippen LogP contribution in [0.2, 0.25) is 5.02 Å². The van der Waals surface area contributed by atoms with E-state index in [1.54, 1.807) is 6.92 Å². The van der Waals surface area contributed by atoms with Crippen LogP contribution in [0.1, 0.15) is 31.9 Å². The van der Waals surface area contributed by atoms with Crippen molar-refractivity contribution in [3.63, 3.8) is 0 Å². The monoisotopic (exact) mass is 302 g/mol. The van der Waals surface area contributed by atoms with Gasteiger partial charge in [-0.1, -0.05) is 30.7 Å². The molecule has 0 heterocycles. The van der Waals surface area contributed by atoms with Gasteiger partial charge in [-0.2, -0.15) is 0 Å². The Hall–Kier alpha value is -0.770. The maximum absolute atomic E-state index is 11.8. The van der Waals surface area contributed by atoms with Gasteiger partial charge in [0, 0.05) is 5.02 Å². The number of halogens is 2. The molecule has 3 unspecified atom stereocenters. The van der Waals surface area contributed by atoms with Gasteiger partial charge in [0.25, 0.3) is 0 Å². The zero-order valence-electron chi connectivity index (χ0n) is 11.1. The molecule has 1 aliphatic rings. The lowest BCUT2D eigenvalue weighted by atomic mass is 10.0. The normalized spacial score (nSPS) is 24.0. The summed E-state index contributed by atoms with van der Waals surface area (Å²) in [7, 11) is 0. The molecule has 0 radical (unpaired) electrons. The molecule has 1 aliphatic carbocycles. The standard InChI is InChI=1S/C14H19ClN2O.ClH/c1-8-7-12(8)13(17-14(18)9(2)16)10-3-5-11(15)6-4-10;/h3-6,8-9,12-13H,7,16H2,1-2H3,(H,17,18);1H/t8?,9-,12?,13?;/m0./s1. The molecular weight excluding hydrogens is 283 g/mol. The minimum absolute atomic E-state index is 0. The largest absolute Gasteiger partial charge is 0.348 e. The Labute approximate surface area is 125 Å². The maximum atomic E-state index is 11.8. The topological polar surface area (TPSA) is 55.1 Å². The second-order valence-corrected chi connectivity index (χ2v) is 5.64. The minimum Gasteiger partial charge on any atom is -0.348 e. The summed E-state index contributed by atoms with van der Waals surface area (Å²) in [4.78, 5) is 11.8. The van der Waals surface area contributed by atoms with Crippen LogP contribution in [0.4, 0.5) is 0 Å². The summed E-state index contributed by atoms with van der Waals surface area (Å²) >= 11 is 5.89. The summed E-state index contributed by atoms with van der Waals surface area (Å²) < 4.78 is 0. The first-order chi connectivity index (χ1) is 8.49. The number of carbonyl (C=O) groups is 1. The van der Waals surface area contributed by atoms with E-state index in [0.29, 0.717) is 16.9 Å². The first kappa shape index (κ1) is 16.3. The smallest absolute Gasteiger partial charge is 0.237 e. The van der Waals surface area contributed by atoms with Crippen LogP contribution in [-0.4, -0.2) is 11.9 Å². The van der Waals surface area contributed by atoms with Gasteiger partial charge in [0.1, 0.15) is 0 Å². The van der Waals surface area contributed by atoms with Gasteiger partial charge in [-0.25, -0.2) is 0 Å². The highest BCUT2D eigenvalue weighted by Gasteiger charge is 2.41. The van der Waals surface area contributed by atoms with Crippen molar-refractivity contribution in [2.75, 3.05) is 0 Å². The molecule has 0 saturated heterocycles. The summed E-state index contributed by atoms with van der Waals surface area (Å²) in [6.07, 6.45) is 1.15. The Morgan fingerprint density at radius 1 is 1.42 bits per heavy atom. The molecule has 1 amide bonds. The van der Waals surface area contributed by atoms with Crippen LogP contribution in [0.25, 0.3) is 0 Å². The lowest BCUT2D eigenvalue weighted by molar-refractivity contribution is -0.122. The van der Waals surface area contributed by atoms with E-state index < -0.39 is 6.04 Å². The van der Waals surface area contributed by atoms with Crippen molar-refractivity contribution < 1.29 is 4.79 Å². The highest BCUT2D eigenvalue weighted by Crippen LogP contribution is 2.47. The third-order valence-corrected chi connectivity index (χ3v) is 3.79. The summed E-state index contributed by atoms with van der Waals surface area (Å²) in [6, 6.07) is 7.23. The van der Waals surface area contributed by atoms with Crippen LogP contribution in [0.15, 0.2) is 24.3 Å². The lowest BCUT2D eigenvalue weighted by Gasteiger charge is -2.20. The number of carbonyl (C=O) groups excluding carboxylic acids is 1. The van der Waals surface area contributed by atoms with Crippen LogP contribution in [-0.2, 0) is 4.79 Å². The molecule has 0 spiro atoms. The van der Waals surface area contributed by atoms with E-state index in [9.17, 15) is 4.79 Å². The molecular formula is C14H20Cl2N2O. The molecule has 5 heteroatoms. The van der Waals surface area contributed by atoms with Crippen molar-refractivity contribution in [3.05, 3.63) is 34.9 Å². The third-order valence-electron chi connectivity index (χ3n) is 3.54. The molecule has 3 nitrogen and oxygen atoms in total. The second kappa shape index (κ2) is 6.60. The van der Waals surface area contributed by atoms with E-state index in [-0.39, 0.29) is 24.4 Å². The molecule has 1 fully saturated rings. The Kier molecular flexibility index (Phi) is 5.65. The minimum atomic E-state index is -0.478. The van der Waals surface area contributed by atoms with E-state index >= 15 is 0 Å². The van der Waals surface area contributed by atoms with Crippen molar-refractivity contribution in [2.24, 2.45) is 17.6 Å². The average Bonchev–Trinajstić information content (AvgIpc) is 3.04.